The Morgan fingerprint density at radius 2 is 2.00 bits per heavy atom. The van der Waals surface area contributed by atoms with E-state index >= 15 is 0 Å². The Hall–Kier alpha value is -1.88. The van der Waals surface area contributed by atoms with Crippen LogP contribution in [0.25, 0.3) is 0 Å². The van der Waals surface area contributed by atoms with Crippen molar-refractivity contribution < 1.29 is 9.59 Å². The Kier molecular flexibility index (Phi) is 4.04. The molecule has 0 radical (unpaired) electrons. The molecule has 1 aromatic carbocycles. The van der Waals surface area contributed by atoms with E-state index in [0.717, 1.165) is 57.5 Å². The van der Waals surface area contributed by atoms with Crippen LogP contribution in [0.15, 0.2) is 24.3 Å². The number of likely N-dealkylation sites (tertiary alicyclic amines) is 1. The molecular formula is C19H25N3O2. The van der Waals surface area contributed by atoms with Crippen molar-refractivity contribution in [2.75, 3.05) is 32.7 Å². The van der Waals surface area contributed by atoms with Crippen molar-refractivity contribution in [3.8, 4) is 0 Å². The Morgan fingerprint density at radius 1 is 1.21 bits per heavy atom. The summed E-state index contributed by atoms with van der Waals surface area (Å²) in [5.41, 5.74) is 2.14. The van der Waals surface area contributed by atoms with Gasteiger partial charge in [0.25, 0.3) is 5.91 Å². The highest BCUT2D eigenvalue weighted by molar-refractivity contribution is 5.96. The molecule has 3 heterocycles. The van der Waals surface area contributed by atoms with E-state index in [0.29, 0.717) is 12.3 Å². The minimum Gasteiger partial charge on any atom is -0.356 e. The minimum atomic E-state index is 0.0861. The van der Waals surface area contributed by atoms with Gasteiger partial charge in [-0.05, 0) is 48.8 Å². The number of benzene rings is 1. The number of piperidine rings is 1. The zero-order chi connectivity index (χ0) is 16.6. The van der Waals surface area contributed by atoms with Crippen LogP contribution in [0, 0.1) is 5.41 Å². The maximum absolute atomic E-state index is 13.1. The van der Waals surface area contributed by atoms with Gasteiger partial charge in [0.2, 0.25) is 5.91 Å². The minimum absolute atomic E-state index is 0.0861. The highest BCUT2D eigenvalue weighted by Crippen LogP contribution is 2.38. The van der Waals surface area contributed by atoms with Crippen molar-refractivity contribution in [1.29, 1.82) is 0 Å². The van der Waals surface area contributed by atoms with Crippen LogP contribution in [0.3, 0.4) is 0 Å². The van der Waals surface area contributed by atoms with Gasteiger partial charge in [0, 0.05) is 38.2 Å². The van der Waals surface area contributed by atoms with Crippen molar-refractivity contribution in [1.82, 2.24) is 15.5 Å². The number of nitrogens with one attached hydrogen (secondary N) is 2. The van der Waals surface area contributed by atoms with Crippen LogP contribution in [-0.2, 0) is 4.79 Å². The number of carbonyl (C=O) groups is 2. The molecule has 1 aromatic rings. The zero-order valence-electron chi connectivity index (χ0n) is 14.0. The molecule has 0 bridgehead atoms. The summed E-state index contributed by atoms with van der Waals surface area (Å²) in [6, 6.07) is 8.08. The topological polar surface area (TPSA) is 61.4 Å². The lowest BCUT2D eigenvalue weighted by Gasteiger charge is -2.38. The van der Waals surface area contributed by atoms with Gasteiger partial charge in [-0.1, -0.05) is 18.2 Å². The van der Waals surface area contributed by atoms with E-state index in [-0.39, 0.29) is 17.2 Å². The number of nitrogens with zero attached hydrogens (tertiary/aromatic N) is 1. The summed E-state index contributed by atoms with van der Waals surface area (Å²) < 4.78 is 0. The Bertz CT molecular complexity index is 644. The Labute approximate surface area is 142 Å². The smallest absolute Gasteiger partial charge is 0.254 e. The third kappa shape index (κ3) is 2.81. The number of rotatable bonds is 2. The molecule has 5 nitrogen and oxygen atoms in total. The lowest BCUT2D eigenvalue weighted by molar-refractivity contribution is -0.119. The first-order chi connectivity index (χ1) is 11.7. The first kappa shape index (κ1) is 15.6. The van der Waals surface area contributed by atoms with Crippen LogP contribution < -0.4 is 10.6 Å². The average molecular weight is 327 g/mol. The molecule has 0 unspecified atom stereocenters. The highest BCUT2D eigenvalue weighted by atomic mass is 16.2. The third-order valence-electron chi connectivity index (χ3n) is 6.00. The van der Waals surface area contributed by atoms with E-state index in [2.05, 4.69) is 16.7 Å². The summed E-state index contributed by atoms with van der Waals surface area (Å²) in [6.07, 6.45) is 3.57. The summed E-state index contributed by atoms with van der Waals surface area (Å²) in [4.78, 5) is 26.6. The molecule has 5 heteroatoms. The molecule has 2 N–H and O–H groups in total. The summed E-state index contributed by atoms with van der Waals surface area (Å²) in [7, 11) is 0. The van der Waals surface area contributed by atoms with E-state index in [1.165, 1.54) is 5.56 Å². The normalized spacial score (nSPS) is 25.9. The van der Waals surface area contributed by atoms with Crippen LogP contribution in [0.5, 0.6) is 0 Å². The summed E-state index contributed by atoms with van der Waals surface area (Å²) in [6.45, 7) is 4.27. The van der Waals surface area contributed by atoms with Gasteiger partial charge in [-0.25, -0.2) is 0 Å². The van der Waals surface area contributed by atoms with E-state index in [1.807, 2.05) is 23.1 Å². The fourth-order valence-electron chi connectivity index (χ4n) is 4.43. The molecule has 3 aliphatic heterocycles. The zero-order valence-corrected chi connectivity index (χ0v) is 14.0. The Balaban J connectivity index is 1.48. The first-order valence-corrected chi connectivity index (χ1v) is 9.03. The molecular weight excluding hydrogens is 302 g/mol. The number of hydrogen-bond donors (Lipinski definition) is 2. The van der Waals surface area contributed by atoms with Gasteiger partial charge in [0.1, 0.15) is 0 Å². The van der Waals surface area contributed by atoms with E-state index in [9.17, 15) is 9.59 Å². The van der Waals surface area contributed by atoms with E-state index in [1.54, 1.807) is 0 Å². The quantitative estimate of drug-likeness (QED) is 0.865. The molecule has 0 saturated carbocycles. The second-order valence-electron chi connectivity index (χ2n) is 7.52. The van der Waals surface area contributed by atoms with Crippen LogP contribution >= 0.6 is 0 Å². The predicted molar refractivity (Wildman–Crippen MR) is 91.9 cm³/mol. The van der Waals surface area contributed by atoms with Gasteiger partial charge in [-0.3, -0.25) is 9.59 Å². The molecule has 1 spiro atoms. The van der Waals surface area contributed by atoms with Crippen molar-refractivity contribution in [2.24, 2.45) is 5.41 Å². The van der Waals surface area contributed by atoms with Crippen LogP contribution in [0.2, 0.25) is 0 Å². The van der Waals surface area contributed by atoms with Crippen LogP contribution in [0.4, 0.5) is 0 Å². The molecule has 0 aromatic heterocycles. The van der Waals surface area contributed by atoms with Crippen LogP contribution in [0.1, 0.15) is 47.5 Å². The lowest BCUT2D eigenvalue weighted by atomic mass is 9.77. The molecule has 4 rings (SSSR count). The third-order valence-corrected chi connectivity index (χ3v) is 6.00. The van der Waals surface area contributed by atoms with Gasteiger partial charge >= 0.3 is 0 Å². The van der Waals surface area contributed by atoms with Crippen molar-refractivity contribution >= 4 is 11.8 Å². The van der Waals surface area contributed by atoms with Gasteiger partial charge in [0.05, 0.1) is 0 Å². The second-order valence-corrected chi connectivity index (χ2v) is 7.52. The molecule has 128 valence electrons. The Morgan fingerprint density at radius 3 is 2.67 bits per heavy atom. The maximum atomic E-state index is 13.1. The molecule has 3 aliphatic rings. The summed E-state index contributed by atoms with van der Waals surface area (Å²) >= 11 is 0. The maximum Gasteiger partial charge on any atom is 0.254 e. The lowest BCUT2D eigenvalue weighted by Crippen LogP contribution is -2.44. The van der Waals surface area contributed by atoms with E-state index < -0.39 is 0 Å². The second kappa shape index (κ2) is 6.20. The molecule has 0 aliphatic carbocycles. The number of amides is 2. The fraction of sp³-hybridized carbons (Fsp3) is 0.579. The molecule has 24 heavy (non-hydrogen) atoms. The summed E-state index contributed by atoms with van der Waals surface area (Å²) in [5, 5.41) is 6.34. The van der Waals surface area contributed by atoms with Gasteiger partial charge in [0.15, 0.2) is 0 Å². The van der Waals surface area contributed by atoms with Gasteiger partial charge in [-0.15, -0.1) is 0 Å². The molecule has 3 saturated heterocycles. The largest absolute Gasteiger partial charge is 0.356 e. The number of hydrogen-bond acceptors (Lipinski definition) is 3. The van der Waals surface area contributed by atoms with Gasteiger partial charge in [-0.2, -0.15) is 0 Å². The standard InChI is InChI=1S/C19H25N3O2/c23-17-11-19(13-21-17)6-9-22(10-7-19)18(24)16-4-2-1-3-15(16)14-5-8-20-12-14/h1-4,14,20H,5-13H2,(H,21,23)/t14-/m0/s1. The summed E-state index contributed by atoms with van der Waals surface area (Å²) in [5.74, 6) is 0.761. The monoisotopic (exact) mass is 327 g/mol. The van der Waals surface area contributed by atoms with Crippen LogP contribution in [-0.4, -0.2) is 49.4 Å². The predicted octanol–water partition coefficient (Wildman–Crippen LogP) is 1.51. The number of carbonyl (C=O) groups excluding carboxylic acids is 2. The van der Waals surface area contributed by atoms with Crippen molar-refractivity contribution in [3.05, 3.63) is 35.4 Å². The van der Waals surface area contributed by atoms with Crippen molar-refractivity contribution in [3.63, 3.8) is 0 Å². The van der Waals surface area contributed by atoms with Gasteiger partial charge < -0.3 is 15.5 Å². The van der Waals surface area contributed by atoms with E-state index in [4.69, 9.17) is 0 Å². The molecule has 2 amide bonds. The highest BCUT2D eigenvalue weighted by Gasteiger charge is 2.42. The first-order valence-electron chi connectivity index (χ1n) is 9.03. The molecule has 1 atom stereocenters. The average Bonchev–Trinajstić information content (AvgIpc) is 3.26. The SMILES string of the molecule is O=C1CC2(CCN(C(=O)c3ccccc3[C@H]3CCNC3)CC2)CN1. The molecule has 3 fully saturated rings. The van der Waals surface area contributed by atoms with Crippen molar-refractivity contribution in [2.45, 2.75) is 31.6 Å². The fourth-order valence-corrected chi connectivity index (χ4v) is 4.43.